The minimum Gasteiger partial charge on any atom is -0.466 e. The predicted octanol–water partition coefficient (Wildman–Crippen LogP) is 2.30. The molecule has 0 fully saturated rings. The van der Waals surface area contributed by atoms with E-state index in [4.69, 9.17) is 4.42 Å². The van der Waals surface area contributed by atoms with Gasteiger partial charge in [-0.15, -0.1) is 24.0 Å². The van der Waals surface area contributed by atoms with E-state index in [1.807, 2.05) is 25.3 Å². The molecule has 7 heteroatoms. The zero-order valence-corrected chi connectivity index (χ0v) is 16.4. The zero-order chi connectivity index (χ0) is 16.5. The van der Waals surface area contributed by atoms with E-state index in [-0.39, 0.29) is 30.5 Å². The van der Waals surface area contributed by atoms with Crippen molar-refractivity contribution in [3.63, 3.8) is 0 Å². The fraction of sp³-hybridized carbons (Fsp3) is 0.412. The summed E-state index contributed by atoms with van der Waals surface area (Å²) in [5.74, 6) is 1.18. The molecule has 2 rings (SSSR count). The Hall–Kier alpha value is -1.61. The number of nitrogens with zero attached hydrogens (tertiary/aromatic N) is 2. The van der Waals surface area contributed by atoms with Crippen molar-refractivity contribution >= 4 is 29.9 Å². The molecule has 0 aliphatic carbocycles. The van der Waals surface area contributed by atoms with Gasteiger partial charge in [-0.05, 0) is 44.0 Å². The fourth-order valence-corrected chi connectivity index (χ4v) is 2.11. The Morgan fingerprint density at radius 3 is 2.79 bits per heavy atom. The van der Waals surface area contributed by atoms with Gasteiger partial charge in [0.25, 0.3) is 0 Å². The molecule has 0 amide bonds. The van der Waals surface area contributed by atoms with E-state index in [0.29, 0.717) is 11.7 Å². The highest BCUT2D eigenvalue weighted by Gasteiger charge is 2.25. The van der Waals surface area contributed by atoms with Crippen molar-refractivity contribution in [2.45, 2.75) is 25.9 Å². The van der Waals surface area contributed by atoms with Gasteiger partial charge in [0.1, 0.15) is 11.4 Å². The number of aliphatic hydroxyl groups is 1. The molecule has 1 atom stereocenters. The Labute approximate surface area is 159 Å². The maximum atomic E-state index is 10.4. The van der Waals surface area contributed by atoms with Crippen LogP contribution in [0.5, 0.6) is 0 Å². The molecule has 0 radical (unpaired) electrons. The van der Waals surface area contributed by atoms with Gasteiger partial charge < -0.3 is 20.2 Å². The highest BCUT2D eigenvalue weighted by molar-refractivity contribution is 14.0. The molecule has 0 bridgehead atoms. The summed E-state index contributed by atoms with van der Waals surface area (Å²) in [6, 6.07) is 7.47. The Balaban J connectivity index is 0.00000288. The van der Waals surface area contributed by atoms with Crippen LogP contribution in [0.15, 0.2) is 52.3 Å². The van der Waals surface area contributed by atoms with Crippen LogP contribution in [0.1, 0.15) is 25.2 Å². The molecule has 0 aliphatic rings. The van der Waals surface area contributed by atoms with E-state index in [0.717, 1.165) is 19.5 Å². The molecule has 132 valence electrons. The van der Waals surface area contributed by atoms with Gasteiger partial charge in [-0.2, -0.15) is 0 Å². The molecule has 3 N–H and O–H groups in total. The Bertz CT molecular complexity index is 600. The number of hydrogen-bond acceptors (Lipinski definition) is 4. The lowest BCUT2D eigenvalue weighted by atomic mass is 10.0. The first-order valence-electron chi connectivity index (χ1n) is 7.79. The van der Waals surface area contributed by atoms with Gasteiger partial charge in [0.05, 0.1) is 12.8 Å². The molecular weight excluding hydrogens is 419 g/mol. The molecule has 1 unspecified atom stereocenters. The number of hydrogen-bond donors (Lipinski definition) is 3. The lowest BCUT2D eigenvalue weighted by Gasteiger charge is -2.19. The maximum Gasteiger partial charge on any atom is 0.191 e. The molecule has 24 heavy (non-hydrogen) atoms. The molecule has 6 nitrogen and oxygen atoms in total. The average Bonchev–Trinajstić information content (AvgIpc) is 3.09. The summed E-state index contributed by atoms with van der Waals surface area (Å²) in [4.78, 5) is 8.54. The Morgan fingerprint density at radius 2 is 2.17 bits per heavy atom. The molecule has 2 heterocycles. The first-order chi connectivity index (χ1) is 11.1. The van der Waals surface area contributed by atoms with Gasteiger partial charge in [0.2, 0.25) is 0 Å². The second-order valence-corrected chi connectivity index (χ2v) is 5.48. The third-order valence-corrected chi connectivity index (χ3v) is 3.37. The highest BCUT2D eigenvalue weighted by Crippen LogP contribution is 2.20. The predicted molar refractivity (Wildman–Crippen MR) is 106 cm³/mol. The molecule has 0 spiro atoms. The van der Waals surface area contributed by atoms with Gasteiger partial charge in [-0.3, -0.25) is 4.98 Å². The van der Waals surface area contributed by atoms with Crippen LogP contribution in [-0.2, 0) is 12.0 Å². The van der Waals surface area contributed by atoms with Gasteiger partial charge in [0.15, 0.2) is 5.96 Å². The third-order valence-electron chi connectivity index (χ3n) is 3.37. The van der Waals surface area contributed by atoms with Crippen LogP contribution in [0.2, 0.25) is 0 Å². The molecular formula is C17H25IN4O2. The SMILES string of the molecule is CCNC(=NCC(C)(O)c1ccco1)NCCc1cccnc1.I. The summed E-state index contributed by atoms with van der Waals surface area (Å²) in [7, 11) is 0. The fourth-order valence-electron chi connectivity index (χ4n) is 2.11. The van der Waals surface area contributed by atoms with Crippen LogP contribution in [-0.4, -0.2) is 35.7 Å². The Kier molecular flexibility index (Phi) is 8.77. The third kappa shape index (κ3) is 6.48. The number of nitrogens with one attached hydrogen (secondary N) is 2. The molecule has 0 saturated heterocycles. The summed E-state index contributed by atoms with van der Waals surface area (Å²) in [5, 5.41) is 16.9. The second-order valence-electron chi connectivity index (χ2n) is 5.48. The summed E-state index contributed by atoms with van der Waals surface area (Å²) in [5.41, 5.74) is 0.0355. The van der Waals surface area contributed by atoms with E-state index in [2.05, 4.69) is 20.6 Å². The summed E-state index contributed by atoms with van der Waals surface area (Å²) in [6.45, 7) is 5.39. The van der Waals surface area contributed by atoms with Gasteiger partial charge >= 0.3 is 0 Å². The maximum absolute atomic E-state index is 10.4. The van der Waals surface area contributed by atoms with E-state index < -0.39 is 5.60 Å². The molecule has 0 aromatic carbocycles. The van der Waals surface area contributed by atoms with E-state index in [1.54, 1.807) is 31.5 Å². The molecule has 2 aromatic rings. The van der Waals surface area contributed by atoms with Crippen LogP contribution < -0.4 is 10.6 Å². The van der Waals surface area contributed by atoms with Crippen LogP contribution >= 0.6 is 24.0 Å². The lowest BCUT2D eigenvalue weighted by Crippen LogP contribution is -2.39. The second kappa shape index (κ2) is 10.3. The largest absolute Gasteiger partial charge is 0.466 e. The van der Waals surface area contributed by atoms with Crippen LogP contribution in [0, 0.1) is 0 Å². The molecule has 0 saturated carbocycles. The van der Waals surface area contributed by atoms with Crippen LogP contribution in [0.4, 0.5) is 0 Å². The molecule has 2 aromatic heterocycles. The normalized spacial score (nSPS) is 13.7. The number of furan rings is 1. The zero-order valence-electron chi connectivity index (χ0n) is 14.0. The first kappa shape index (κ1) is 20.4. The standard InChI is InChI=1S/C17H24N4O2.HI/c1-3-19-16(20-10-8-14-6-4-9-18-12-14)21-13-17(2,22)15-7-5-11-23-15;/h4-7,9,11-12,22H,3,8,10,13H2,1-2H3,(H2,19,20,21);1H. The van der Waals surface area contributed by atoms with Gasteiger partial charge in [0, 0.05) is 25.5 Å². The van der Waals surface area contributed by atoms with Gasteiger partial charge in [-0.1, -0.05) is 6.07 Å². The first-order valence-corrected chi connectivity index (χ1v) is 7.79. The number of halogens is 1. The Morgan fingerprint density at radius 1 is 1.33 bits per heavy atom. The monoisotopic (exact) mass is 444 g/mol. The van der Waals surface area contributed by atoms with Crippen LogP contribution in [0.25, 0.3) is 0 Å². The van der Waals surface area contributed by atoms with Crippen molar-refractivity contribution in [1.82, 2.24) is 15.6 Å². The van der Waals surface area contributed by atoms with Gasteiger partial charge in [-0.25, -0.2) is 4.99 Å². The minimum atomic E-state index is -1.13. The average molecular weight is 444 g/mol. The van der Waals surface area contributed by atoms with E-state index in [9.17, 15) is 5.11 Å². The number of guanidine groups is 1. The lowest BCUT2D eigenvalue weighted by molar-refractivity contribution is 0.0437. The summed E-state index contributed by atoms with van der Waals surface area (Å²) < 4.78 is 5.26. The smallest absolute Gasteiger partial charge is 0.191 e. The topological polar surface area (TPSA) is 82.7 Å². The minimum absolute atomic E-state index is 0. The number of pyridine rings is 1. The molecule has 0 aliphatic heterocycles. The summed E-state index contributed by atoms with van der Waals surface area (Å²) in [6.07, 6.45) is 6.02. The number of aliphatic imine (C=N–C) groups is 1. The quantitative estimate of drug-likeness (QED) is 0.347. The van der Waals surface area contributed by atoms with Crippen molar-refractivity contribution in [3.8, 4) is 0 Å². The van der Waals surface area contributed by atoms with Crippen molar-refractivity contribution in [2.75, 3.05) is 19.6 Å². The van der Waals surface area contributed by atoms with Crippen molar-refractivity contribution < 1.29 is 9.52 Å². The van der Waals surface area contributed by atoms with Crippen molar-refractivity contribution in [3.05, 3.63) is 54.2 Å². The summed E-state index contributed by atoms with van der Waals surface area (Å²) >= 11 is 0. The van der Waals surface area contributed by atoms with Crippen LogP contribution in [0.3, 0.4) is 0 Å². The van der Waals surface area contributed by atoms with E-state index in [1.165, 1.54) is 5.56 Å². The van der Waals surface area contributed by atoms with E-state index >= 15 is 0 Å². The van der Waals surface area contributed by atoms with Crippen molar-refractivity contribution in [2.24, 2.45) is 4.99 Å². The number of rotatable bonds is 7. The van der Waals surface area contributed by atoms with Crippen molar-refractivity contribution in [1.29, 1.82) is 0 Å². The highest BCUT2D eigenvalue weighted by atomic mass is 127. The number of aromatic nitrogens is 1.